The molecule has 1 atom stereocenters. The highest BCUT2D eigenvalue weighted by Crippen LogP contribution is 2.13. The molecule has 1 aromatic heterocycles. The van der Waals surface area contributed by atoms with Crippen molar-refractivity contribution in [3.63, 3.8) is 0 Å². The number of nitrogens with zero attached hydrogens (tertiary/aromatic N) is 2. The molecule has 1 unspecified atom stereocenters. The first-order valence-corrected chi connectivity index (χ1v) is 6.02. The summed E-state index contributed by atoms with van der Waals surface area (Å²) in [5.41, 5.74) is 2.05. The lowest BCUT2D eigenvalue weighted by atomic mass is 10.1. The van der Waals surface area contributed by atoms with Crippen molar-refractivity contribution >= 4 is 0 Å². The fourth-order valence-corrected chi connectivity index (χ4v) is 1.79. The Balaban J connectivity index is 2.01. The Kier molecular flexibility index (Phi) is 4.22. The maximum absolute atomic E-state index is 13.2. The molecule has 0 aliphatic carbocycles. The van der Waals surface area contributed by atoms with Gasteiger partial charge in [0.25, 0.3) is 0 Å². The van der Waals surface area contributed by atoms with Gasteiger partial charge in [0.15, 0.2) is 0 Å². The Bertz CT molecular complexity index is 590. The van der Waals surface area contributed by atoms with Gasteiger partial charge in [-0.1, -0.05) is 12.1 Å². The molecular weight excluding hydrogens is 241 g/mol. The lowest BCUT2D eigenvalue weighted by molar-refractivity contribution is 0.571. The lowest BCUT2D eigenvalue weighted by Gasteiger charge is -2.13. The van der Waals surface area contributed by atoms with E-state index in [4.69, 9.17) is 5.26 Å². The van der Waals surface area contributed by atoms with E-state index in [2.05, 4.69) is 10.3 Å². The summed E-state index contributed by atoms with van der Waals surface area (Å²) in [7, 11) is 0. The molecule has 0 amide bonds. The van der Waals surface area contributed by atoms with E-state index in [0.29, 0.717) is 6.54 Å². The first-order chi connectivity index (χ1) is 9.20. The van der Waals surface area contributed by atoms with Crippen LogP contribution >= 0.6 is 0 Å². The van der Waals surface area contributed by atoms with E-state index < -0.39 is 5.82 Å². The Hall–Kier alpha value is -2.25. The summed E-state index contributed by atoms with van der Waals surface area (Å²) in [6.07, 6.45) is 3.54. The molecular formula is C15H14FN3. The Morgan fingerprint density at radius 1 is 1.42 bits per heavy atom. The summed E-state index contributed by atoms with van der Waals surface area (Å²) in [5.74, 6) is -0.480. The normalized spacial score (nSPS) is 11.8. The summed E-state index contributed by atoms with van der Waals surface area (Å²) in [4.78, 5) is 4.07. The van der Waals surface area contributed by atoms with Crippen LogP contribution in [0.25, 0.3) is 0 Å². The highest BCUT2D eigenvalue weighted by molar-refractivity contribution is 5.34. The summed E-state index contributed by atoms with van der Waals surface area (Å²) >= 11 is 0. The molecule has 19 heavy (non-hydrogen) atoms. The van der Waals surface area contributed by atoms with Gasteiger partial charge >= 0.3 is 0 Å². The van der Waals surface area contributed by atoms with Crippen LogP contribution in [0.4, 0.5) is 4.39 Å². The van der Waals surface area contributed by atoms with Gasteiger partial charge < -0.3 is 5.32 Å². The van der Waals surface area contributed by atoms with Crippen LogP contribution in [0.15, 0.2) is 42.7 Å². The Morgan fingerprint density at radius 3 is 2.95 bits per heavy atom. The average Bonchev–Trinajstić information content (AvgIpc) is 2.47. The van der Waals surface area contributed by atoms with E-state index in [1.165, 1.54) is 6.07 Å². The minimum absolute atomic E-state index is 0.0772. The largest absolute Gasteiger partial charge is 0.306 e. The maximum Gasteiger partial charge on any atom is 0.140 e. The molecule has 1 aromatic carbocycles. The van der Waals surface area contributed by atoms with Gasteiger partial charge in [0.1, 0.15) is 11.9 Å². The number of hydrogen-bond acceptors (Lipinski definition) is 3. The molecule has 96 valence electrons. The third-order valence-electron chi connectivity index (χ3n) is 2.95. The number of benzene rings is 1. The molecule has 0 aliphatic rings. The topological polar surface area (TPSA) is 48.7 Å². The third-order valence-corrected chi connectivity index (χ3v) is 2.95. The van der Waals surface area contributed by atoms with Crippen LogP contribution in [0.5, 0.6) is 0 Å². The van der Waals surface area contributed by atoms with Gasteiger partial charge in [0, 0.05) is 25.0 Å². The Morgan fingerprint density at radius 2 is 2.26 bits per heavy atom. The van der Waals surface area contributed by atoms with Crippen molar-refractivity contribution in [2.75, 3.05) is 0 Å². The number of hydrogen-bond donors (Lipinski definition) is 1. The molecule has 1 N–H and O–H groups in total. The predicted octanol–water partition coefficient (Wildman–Crippen LogP) is 2.94. The molecule has 4 heteroatoms. The van der Waals surface area contributed by atoms with Gasteiger partial charge in [-0.3, -0.25) is 4.98 Å². The zero-order chi connectivity index (χ0) is 13.7. The van der Waals surface area contributed by atoms with Crippen LogP contribution in [0, 0.1) is 17.1 Å². The van der Waals surface area contributed by atoms with Crippen molar-refractivity contribution < 1.29 is 4.39 Å². The lowest BCUT2D eigenvalue weighted by Crippen LogP contribution is -2.18. The molecule has 0 fully saturated rings. The van der Waals surface area contributed by atoms with Gasteiger partial charge in [-0.05, 0) is 36.2 Å². The molecule has 2 rings (SSSR count). The molecule has 3 nitrogen and oxygen atoms in total. The first-order valence-electron chi connectivity index (χ1n) is 6.02. The zero-order valence-corrected chi connectivity index (χ0v) is 10.6. The van der Waals surface area contributed by atoms with Crippen molar-refractivity contribution in [3.8, 4) is 6.07 Å². The molecule has 0 radical (unpaired) electrons. The summed E-state index contributed by atoms with van der Waals surface area (Å²) in [5, 5.41) is 12.1. The van der Waals surface area contributed by atoms with E-state index in [9.17, 15) is 4.39 Å². The van der Waals surface area contributed by atoms with E-state index >= 15 is 0 Å². The van der Waals surface area contributed by atoms with Gasteiger partial charge in [-0.15, -0.1) is 0 Å². The van der Waals surface area contributed by atoms with E-state index in [1.54, 1.807) is 18.3 Å². The van der Waals surface area contributed by atoms with E-state index in [1.807, 2.05) is 31.3 Å². The number of nitriles is 1. The smallest absolute Gasteiger partial charge is 0.140 e. The zero-order valence-electron chi connectivity index (χ0n) is 10.6. The molecule has 0 saturated carbocycles. The van der Waals surface area contributed by atoms with Crippen LogP contribution in [0.1, 0.15) is 29.7 Å². The minimum atomic E-state index is -0.480. The van der Waals surface area contributed by atoms with Gasteiger partial charge in [0.05, 0.1) is 5.56 Å². The van der Waals surface area contributed by atoms with Crippen molar-refractivity contribution in [2.45, 2.75) is 19.5 Å². The first kappa shape index (κ1) is 13.2. The summed E-state index contributed by atoms with van der Waals surface area (Å²) in [6.45, 7) is 2.61. The van der Waals surface area contributed by atoms with Crippen LogP contribution in [0.2, 0.25) is 0 Å². The SMILES string of the molecule is CC(NCc1ccc(F)c(C#N)c1)c1cccnc1. The third kappa shape index (κ3) is 3.36. The van der Waals surface area contributed by atoms with Gasteiger partial charge in [0.2, 0.25) is 0 Å². The van der Waals surface area contributed by atoms with Crippen molar-refractivity contribution in [2.24, 2.45) is 0 Å². The number of pyridine rings is 1. The molecule has 1 heterocycles. The Labute approximate surface area is 111 Å². The molecule has 0 saturated heterocycles. The van der Waals surface area contributed by atoms with Crippen LogP contribution in [-0.2, 0) is 6.54 Å². The van der Waals surface area contributed by atoms with Crippen LogP contribution in [0.3, 0.4) is 0 Å². The molecule has 0 spiro atoms. The molecule has 0 aliphatic heterocycles. The van der Waals surface area contributed by atoms with Crippen molar-refractivity contribution in [1.82, 2.24) is 10.3 Å². The van der Waals surface area contributed by atoms with Crippen LogP contribution in [-0.4, -0.2) is 4.98 Å². The van der Waals surface area contributed by atoms with Gasteiger partial charge in [-0.25, -0.2) is 4.39 Å². The molecule has 2 aromatic rings. The fraction of sp³-hybridized carbons (Fsp3) is 0.200. The van der Waals surface area contributed by atoms with Gasteiger partial charge in [-0.2, -0.15) is 5.26 Å². The second-order valence-electron chi connectivity index (χ2n) is 4.31. The minimum Gasteiger partial charge on any atom is -0.306 e. The molecule has 0 bridgehead atoms. The predicted molar refractivity (Wildman–Crippen MR) is 70.6 cm³/mol. The second kappa shape index (κ2) is 6.07. The highest BCUT2D eigenvalue weighted by atomic mass is 19.1. The van der Waals surface area contributed by atoms with E-state index in [-0.39, 0.29) is 11.6 Å². The standard InChI is InChI=1S/C15H14FN3/c1-11(13-3-2-6-18-10-13)19-9-12-4-5-15(16)14(7-12)8-17/h2-7,10-11,19H,9H2,1H3. The van der Waals surface area contributed by atoms with Crippen molar-refractivity contribution in [3.05, 3.63) is 65.2 Å². The number of aromatic nitrogens is 1. The number of rotatable bonds is 4. The highest BCUT2D eigenvalue weighted by Gasteiger charge is 2.06. The van der Waals surface area contributed by atoms with E-state index in [0.717, 1.165) is 11.1 Å². The summed E-state index contributed by atoms with van der Waals surface area (Å²) in [6, 6.07) is 10.4. The maximum atomic E-state index is 13.2. The fourth-order valence-electron chi connectivity index (χ4n) is 1.79. The quantitative estimate of drug-likeness (QED) is 0.913. The second-order valence-corrected chi connectivity index (χ2v) is 4.31. The summed E-state index contributed by atoms with van der Waals surface area (Å²) < 4.78 is 13.2. The van der Waals surface area contributed by atoms with Crippen LogP contribution < -0.4 is 5.32 Å². The monoisotopic (exact) mass is 255 g/mol. The number of nitrogens with one attached hydrogen (secondary N) is 1. The average molecular weight is 255 g/mol. The van der Waals surface area contributed by atoms with Crippen molar-refractivity contribution in [1.29, 1.82) is 5.26 Å². The number of halogens is 1.